The lowest BCUT2D eigenvalue weighted by Gasteiger charge is -2.28. The number of rotatable bonds is 4. The lowest BCUT2D eigenvalue weighted by molar-refractivity contribution is 0.206. The van der Waals surface area contributed by atoms with E-state index in [0.717, 1.165) is 5.56 Å². The molecule has 0 aromatic heterocycles. The van der Waals surface area contributed by atoms with Crippen molar-refractivity contribution in [2.45, 2.75) is 12.3 Å². The van der Waals surface area contributed by atoms with Gasteiger partial charge in [0, 0.05) is 22.5 Å². The van der Waals surface area contributed by atoms with Crippen molar-refractivity contribution < 1.29 is 9.84 Å². The Kier molecular flexibility index (Phi) is 4.44. The fourth-order valence-corrected chi connectivity index (χ4v) is 2.05. The van der Waals surface area contributed by atoms with Crippen LogP contribution in [-0.4, -0.2) is 25.4 Å². The lowest BCUT2D eigenvalue weighted by atomic mass is 9.83. The van der Waals surface area contributed by atoms with Crippen LogP contribution >= 0.6 is 23.2 Å². The van der Waals surface area contributed by atoms with Gasteiger partial charge in [0.15, 0.2) is 0 Å². The summed E-state index contributed by atoms with van der Waals surface area (Å²) >= 11 is 12.0. The summed E-state index contributed by atoms with van der Waals surface area (Å²) in [6.45, 7) is 2.00. The molecule has 1 atom stereocenters. The van der Waals surface area contributed by atoms with Gasteiger partial charge in [0.25, 0.3) is 0 Å². The number of ether oxygens (including phenoxy) is 1. The van der Waals surface area contributed by atoms with Crippen molar-refractivity contribution in [2.24, 2.45) is 5.73 Å². The minimum Gasteiger partial charge on any atom is -0.495 e. The second kappa shape index (κ2) is 5.23. The van der Waals surface area contributed by atoms with E-state index in [4.69, 9.17) is 33.7 Å². The van der Waals surface area contributed by atoms with E-state index in [1.807, 2.05) is 6.92 Å². The topological polar surface area (TPSA) is 55.5 Å². The van der Waals surface area contributed by atoms with Gasteiger partial charge in [0.2, 0.25) is 0 Å². The van der Waals surface area contributed by atoms with E-state index in [1.54, 1.807) is 12.1 Å². The minimum atomic E-state index is -0.611. The summed E-state index contributed by atoms with van der Waals surface area (Å²) < 4.78 is 5.22. The molecule has 5 heteroatoms. The molecule has 1 aromatic carbocycles. The molecule has 0 fully saturated rings. The van der Waals surface area contributed by atoms with Gasteiger partial charge in [-0.05, 0) is 12.1 Å². The molecule has 0 amide bonds. The van der Waals surface area contributed by atoms with Gasteiger partial charge in [-0.25, -0.2) is 0 Å². The highest BCUT2D eigenvalue weighted by Gasteiger charge is 2.29. The van der Waals surface area contributed by atoms with Crippen molar-refractivity contribution in [1.82, 2.24) is 0 Å². The first-order valence-electron chi connectivity index (χ1n) is 4.83. The first-order valence-corrected chi connectivity index (χ1v) is 5.58. The molecule has 0 radical (unpaired) electrons. The van der Waals surface area contributed by atoms with Gasteiger partial charge in [-0.2, -0.15) is 0 Å². The third-order valence-electron chi connectivity index (χ3n) is 2.66. The van der Waals surface area contributed by atoms with Gasteiger partial charge in [-0.15, -0.1) is 0 Å². The molecule has 0 aliphatic carbocycles. The van der Waals surface area contributed by atoms with Gasteiger partial charge < -0.3 is 15.6 Å². The highest BCUT2D eigenvalue weighted by atomic mass is 35.5. The van der Waals surface area contributed by atoms with Crippen molar-refractivity contribution in [3.05, 3.63) is 27.7 Å². The fourth-order valence-electron chi connectivity index (χ4n) is 1.48. The van der Waals surface area contributed by atoms with Crippen LogP contribution in [0.5, 0.6) is 5.75 Å². The van der Waals surface area contributed by atoms with Gasteiger partial charge in [-0.1, -0.05) is 30.1 Å². The first kappa shape index (κ1) is 13.6. The van der Waals surface area contributed by atoms with Crippen LogP contribution < -0.4 is 10.5 Å². The maximum atomic E-state index is 9.42. The van der Waals surface area contributed by atoms with Crippen molar-refractivity contribution in [3.8, 4) is 5.75 Å². The number of hydrogen-bond acceptors (Lipinski definition) is 3. The molecule has 1 unspecified atom stereocenters. The Hall–Kier alpha value is -0.480. The molecule has 0 aliphatic heterocycles. The van der Waals surface area contributed by atoms with Gasteiger partial charge in [0.05, 0.1) is 18.7 Å². The van der Waals surface area contributed by atoms with E-state index in [-0.39, 0.29) is 13.2 Å². The Morgan fingerprint density at radius 3 is 2.50 bits per heavy atom. The van der Waals surface area contributed by atoms with E-state index in [0.29, 0.717) is 15.8 Å². The van der Waals surface area contributed by atoms with E-state index >= 15 is 0 Å². The second-order valence-electron chi connectivity index (χ2n) is 3.89. The maximum Gasteiger partial charge on any atom is 0.141 e. The SMILES string of the molecule is COc1c(Cl)cc(Cl)cc1C(C)(CN)CO. The zero-order valence-electron chi connectivity index (χ0n) is 9.26. The smallest absolute Gasteiger partial charge is 0.141 e. The van der Waals surface area contributed by atoms with Crippen molar-refractivity contribution in [1.29, 1.82) is 0 Å². The molecule has 0 saturated heterocycles. The summed E-state index contributed by atoms with van der Waals surface area (Å²) in [4.78, 5) is 0. The highest BCUT2D eigenvalue weighted by Crippen LogP contribution is 2.38. The van der Waals surface area contributed by atoms with Crippen LogP contribution in [0.25, 0.3) is 0 Å². The number of hydrogen-bond donors (Lipinski definition) is 2. The van der Waals surface area contributed by atoms with Crippen LogP contribution in [0.15, 0.2) is 12.1 Å². The molecular formula is C11H15Cl2NO2. The normalized spacial score (nSPS) is 14.6. The molecule has 0 saturated carbocycles. The van der Waals surface area contributed by atoms with E-state index in [2.05, 4.69) is 0 Å². The molecule has 1 aromatic rings. The lowest BCUT2D eigenvalue weighted by Crippen LogP contribution is -2.36. The molecule has 3 nitrogen and oxygen atoms in total. The van der Waals surface area contributed by atoms with Crippen LogP contribution in [0.3, 0.4) is 0 Å². The predicted molar refractivity (Wildman–Crippen MR) is 66.5 cm³/mol. The summed E-state index contributed by atoms with van der Waals surface area (Å²) in [7, 11) is 1.52. The van der Waals surface area contributed by atoms with Crippen molar-refractivity contribution in [2.75, 3.05) is 20.3 Å². The largest absolute Gasteiger partial charge is 0.495 e. The average molecular weight is 264 g/mol. The van der Waals surface area contributed by atoms with Crippen molar-refractivity contribution >= 4 is 23.2 Å². The molecule has 0 heterocycles. The Morgan fingerprint density at radius 2 is 2.06 bits per heavy atom. The van der Waals surface area contributed by atoms with Gasteiger partial charge >= 0.3 is 0 Å². The summed E-state index contributed by atoms with van der Waals surface area (Å²) in [5.74, 6) is 0.507. The molecule has 3 N–H and O–H groups in total. The summed E-state index contributed by atoms with van der Waals surface area (Å²) in [6.07, 6.45) is 0. The monoisotopic (exact) mass is 263 g/mol. The summed E-state index contributed by atoms with van der Waals surface area (Å²) in [5, 5.41) is 10.3. The Morgan fingerprint density at radius 1 is 1.44 bits per heavy atom. The second-order valence-corrected chi connectivity index (χ2v) is 4.73. The Labute approximate surface area is 105 Å². The summed E-state index contributed by atoms with van der Waals surface area (Å²) in [5.41, 5.74) is 5.78. The molecule has 16 heavy (non-hydrogen) atoms. The van der Waals surface area contributed by atoms with Crippen LogP contribution in [-0.2, 0) is 5.41 Å². The highest BCUT2D eigenvalue weighted by molar-refractivity contribution is 6.35. The number of nitrogens with two attached hydrogens (primary N) is 1. The van der Waals surface area contributed by atoms with Crippen molar-refractivity contribution in [3.63, 3.8) is 0 Å². The van der Waals surface area contributed by atoms with Crippen LogP contribution in [0.1, 0.15) is 12.5 Å². The number of benzene rings is 1. The first-order chi connectivity index (χ1) is 7.48. The number of halogens is 2. The number of aliphatic hydroxyl groups is 1. The van der Waals surface area contributed by atoms with Crippen LogP contribution in [0.2, 0.25) is 10.0 Å². The molecule has 1 rings (SSSR count). The van der Waals surface area contributed by atoms with Crippen LogP contribution in [0, 0.1) is 0 Å². The molecule has 0 aliphatic rings. The van der Waals surface area contributed by atoms with Gasteiger partial charge in [0.1, 0.15) is 5.75 Å². The Bertz CT molecular complexity index is 378. The fraction of sp³-hybridized carbons (Fsp3) is 0.455. The predicted octanol–water partition coefficient (Wildman–Crippen LogP) is 2.21. The third-order valence-corrected chi connectivity index (χ3v) is 3.16. The Balaban J connectivity index is 3.41. The molecule has 90 valence electrons. The zero-order chi connectivity index (χ0) is 12.3. The standard InChI is InChI=1S/C11H15Cl2NO2/c1-11(5-14,6-15)8-3-7(12)4-9(13)10(8)16-2/h3-4,15H,5-6,14H2,1-2H3. The van der Waals surface area contributed by atoms with Crippen LogP contribution in [0.4, 0.5) is 0 Å². The van der Waals surface area contributed by atoms with E-state index in [9.17, 15) is 5.11 Å². The number of aliphatic hydroxyl groups excluding tert-OH is 1. The zero-order valence-corrected chi connectivity index (χ0v) is 10.8. The average Bonchev–Trinajstić information content (AvgIpc) is 2.27. The number of methoxy groups -OCH3 is 1. The van der Waals surface area contributed by atoms with Gasteiger partial charge in [-0.3, -0.25) is 0 Å². The molecule has 0 bridgehead atoms. The maximum absolute atomic E-state index is 9.42. The van der Waals surface area contributed by atoms with E-state index in [1.165, 1.54) is 7.11 Å². The minimum absolute atomic E-state index is 0.101. The quantitative estimate of drug-likeness (QED) is 0.876. The molecule has 0 spiro atoms. The van der Waals surface area contributed by atoms with E-state index < -0.39 is 5.41 Å². The summed E-state index contributed by atoms with van der Waals surface area (Å²) in [6, 6.07) is 3.31. The molecular weight excluding hydrogens is 249 g/mol. The third kappa shape index (κ3) is 2.43.